The van der Waals surface area contributed by atoms with Crippen LogP contribution in [-0.2, 0) is 13.0 Å². The van der Waals surface area contributed by atoms with Crippen molar-refractivity contribution in [2.75, 3.05) is 6.54 Å². The largest absolute Gasteiger partial charge is 0.331 e. The fourth-order valence-corrected chi connectivity index (χ4v) is 3.38. The van der Waals surface area contributed by atoms with Crippen LogP contribution in [-0.4, -0.2) is 21.0 Å². The van der Waals surface area contributed by atoms with Gasteiger partial charge in [-0.05, 0) is 38.0 Å². The van der Waals surface area contributed by atoms with Gasteiger partial charge in [-0.3, -0.25) is 4.90 Å². The standard InChI is InChI=1S/C17H19F2N3/c1-11(14-8-12(18)2-5-15(14)19)21-7-6-17-16(9-21)20-10-22(17)13-3-4-13/h2,5,8,10-11,13H,3-4,6-7,9H2,1H3. The number of imidazole rings is 1. The number of nitrogens with zero attached hydrogens (tertiary/aromatic N) is 3. The van der Waals surface area contributed by atoms with Gasteiger partial charge in [0.1, 0.15) is 11.6 Å². The maximum Gasteiger partial charge on any atom is 0.128 e. The van der Waals surface area contributed by atoms with E-state index in [0.29, 0.717) is 18.2 Å². The molecule has 2 heterocycles. The molecule has 116 valence electrons. The molecule has 0 bridgehead atoms. The van der Waals surface area contributed by atoms with E-state index in [4.69, 9.17) is 0 Å². The van der Waals surface area contributed by atoms with Crippen LogP contribution in [0.15, 0.2) is 24.5 Å². The summed E-state index contributed by atoms with van der Waals surface area (Å²) in [5, 5.41) is 0. The molecule has 0 amide bonds. The van der Waals surface area contributed by atoms with E-state index >= 15 is 0 Å². The van der Waals surface area contributed by atoms with Crippen LogP contribution in [0, 0.1) is 11.6 Å². The zero-order valence-corrected chi connectivity index (χ0v) is 12.6. The Kier molecular flexibility index (Phi) is 3.26. The van der Waals surface area contributed by atoms with Crippen molar-refractivity contribution in [2.45, 2.75) is 44.8 Å². The van der Waals surface area contributed by atoms with Crippen LogP contribution in [0.2, 0.25) is 0 Å². The zero-order chi connectivity index (χ0) is 15.3. The third-order valence-electron chi connectivity index (χ3n) is 4.87. The molecule has 3 nitrogen and oxygen atoms in total. The Morgan fingerprint density at radius 2 is 2.09 bits per heavy atom. The summed E-state index contributed by atoms with van der Waals surface area (Å²) >= 11 is 0. The molecule has 1 aromatic carbocycles. The van der Waals surface area contributed by atoms with Crippen LogP contribution in [0.3, 0.4) is 0 Å². The highest BCUT2D eigenvalue weighted by atomic mass is 19.1. The number of aromatic nitrogens is 2. The lowest BCUT2D eigenvalue weighted by Crippen LogP contribution is -2.34. The second kappa shape index (κ2) is 5.16. The number of hydrogen-bond donors (Lipinski definition) is 0. The van der Waals surface area contributed by atoms with Crippen LogP contribution in [0.4, 0.5) is 8.78 Å². The topological polar surface area (TPSA) is 21.1 Å². The SMILES string of the molecule is CC(c1cc(F)ccc1F)N1CCc2c(ncn2C2CC2)C1. The number of fused-ring (bicyclic) bond motifs is 1. The van der Waals surface area contributed by atoms with Crippen LogP contribution in [0.5, 0.6) is 0 Å². The molecule has 1 saturated carbocycles. The Morgan fingerprint density at radius 3 is 2.86 bits per heavy atom. The highest BCUT2D eigenvalue weighted by Crippen LogP contribution is 2.38. The Morgan fingerprint density at radius 1 is 1.27 bits per heavy atom. The van der Waals surface area contributed by atoms with Crippen LogP contribution >= 0.6 is 0 Å². The summed E-state index contributed by atoms with van der Waals surface area (Å²) < 4.78 is 29.7. The third-order valence-corrected chi connectivity index (χ3v) is 4.87. The van der Waals surface area contributed by atoms with E-state index in [2.05, 4.69) is 14.5 Å². The Hall–Kier alpha value is -1.75. The smallest absolute Gasteiger partial charge is 0.128 e. The van der Waals surface area contributed by atoms with E-state index in [9.17, 15) is 8.78 Å². The van der Waals surface area contributed by atoms with E-state index in [1.807, 2.05) is 13.3 Å². The first kappa shape index (κ1) is 13.9. The molecular weight excluding hydrogens is 284 g/mol. The van der Waals surface area contributed by atoms with E-state index < -0.39 is 0 Å². The minimum Gasteiger partial charge on any atom is -0.331 e. The van der Waals surface area contributed by atoms with Gasteiger partial charge < -0.3 is 4.57 Å². The third kappa shape index (κ3) is 2.33. The summed E-state index contributed by atoms with van der Waals surface area (Å²) in [6.45, 7) is 3.48. The van der Waals surface area contributed by atoms with Gasteiger partial charge in [0, 0.05) is 42.9 Å². The maximum absolute atomic E-state index is 14.0. The van der Waals surface area contributed by atoms with E-state index in [1.165, 1.54) is 30.7 Å². The molecule has 0 spiro atoms. The Bertz CT molecular complexity index is 706. The second-order valence-corrected chi connectivity index (χ2v) is 6.34. The summed E-state index contributed by atoms with van der Waals surface area (Å²) in [6.07, 6.45) is 5.36. The molecule has 0 radical (unpaired) electrons. The first-order valence-electron chi connectivity index (χ1n) is 7.87. The average Bonchev–Trinajstić information content (AvgIpc) is 3.28. The van der Waals surface area contributed by atoms with Gasteiger partial charge in [-0.25, -0.2) is 13.8 Å². The molecule has 2 aromatic rings. The predicted molar refractivity (Wildman–Crippen MR) is 79.4 cm³/mol. The summed E-state index contributed by atoms with van der Waals surface area (Å²) in [5.74, 6) is -0.734. The monoisotopic (exact) mass is 303 g/mol. The molecule has 2 aliphatic rings. The molecule has 1 unspecified atom stereocenters. The lowest BCUT2D eigenvalue weighted by atomic mass is 10.0. The van der Waals surface area contributed by atoms with Crippen LogP contribution in [0.1, 0.15) is 48.8 Å². The highest BCUT2D eigenvalue weighted by molar-refractivity contribution is 5.24. The van der Waals surface area contributed by atoms with Crippen molar-refractivity contribution in [2.24, 2.45) is 0 Å². The number of hydrogen-bond acceptors (Lipinski definition) is 2. The predicted octanol–water partition coefficient (Wildman–Crippen LogP) is 3.62. The summed E-state index contributed by atoms with van der Waals surface area (Å²) in [5.41, 5.74) is 2.83. The number of rotatable bonds is 3. The van der Waals surface area contributed by atoms with Crippen molar-refractivity contribution in [3.8, 4) is 0 Å². The van der Waals surface area contributed by atoms with Crippen molar-refractivity contribution in [3.05, 3.63) is 53.1 Å². The van der Waals surface area contributed by atoms with Crippen molar-refractivity contribution in [3.63, 3.8) is 0 Å². The molecule has 1 fully saturated rings. The highest BCUT2D eigenvalue weighted by Gasteiger charge is 2.31. The molecule has 22 heavy (non-hydrogen) atoms. The zero-order valence-electron chi connectivity index (χ0n) is 12.6. The lowest BCUT2D eigenvalue weighted by Gasteiger charge is -2.32. The van der Waals surface area contributed by atoms with E-state index in [1.54, 1.807) is 0 Å². The molecule has 1 atom stereocenters. The molecule has 0 saturated heterocycles. The van der Waals surface area contributed by atoms with Gasteiger partial charge in [0.15, 0.2) is 0 Å². The number of halogens is 2. The second-order valence-electron chi connectivity index (χ2n) is 6.34. The molecule has 0 N–H and O–H groups in total. The minimum atomic E-state index is -0.390. The average molecular weight is 303 g/mol. The first-order chi connectivity index (χ1) is 10.6. The lowest BCUT2D eigenvalue weighted by molar-refractivity contribution is 0.184. The molecule has 1 aliphatic carbocycles. The fourth-order valence-electron chi connectivity index (χ4n) is 3.38. The van der Waals surface area contributed by atoms with Gasteiger partial charge in [0.05, 0.1) is 12.0 Å². The molecular formula is C17H19F2N3. The summed E-state index contributed by atoms with van der Waals surface area (Å²) in [4.78, 5) is 6.71. The van der Waals surface area contributed by atoms with Crippen molar-refractivity contribution < 1.29 is 8.78 Å². The molecule has 1 aliphatic heterocycles. The number of benzene rings is 1. The van der Waals surface area contributed by atoms with Crippen LogP contribution in [0.25, 0.3) is 0 Å². The maximum atomic E-state index is 14.0. The van der Waals surface area contributed by atoms with Crippen molar-refractivity contribution in [1.29, 1.82) is 0 Å². The van der Waals surface area contributed by atoms with Gasteiger partial charge in [-0.15, -0.1) is 0 Å². The summed E-state index contributed by atoms with van der Waals surface area (Å²) in [7, 11) is 0. The quantitative estimate of drug-likeness (QED) is 0.863. The first-order valence-corrected chi connectivity index (χ1v) is 7.87. The Labute approximate surface area is 128 Å². The molecule has 1 aromatic heterocycles. The van der Waals surface area contributed by atoms with Crippen LogP contribution < -0.4 is 0 Å². The van der Waals surface area contributed by atoms with Gasteiger partial charge in [-0.1, -0.05) is 0 Å². The van der Waals surface area contributed by atoms with Gasteiger partial charge >= 0.3 is 0 Å². The van der Waals surface area contributed by atoms with E-state index in [-0.39, 0.29) is 17.7 Å². The minimum absolute atomic E-state index is 0.157. The molecule has 5 heteroatoms. The normalized spacial score (nSPS) is 20.0. The Balaban J connectivity index is 1.57. The van der Waals surface area contributed by atoms with E-state index in [0.717, 1.165) is 24.7 Å². The van der Waals surface area contributed by atoms with Crippen molar-refractivity contribution >= 4 is 0 Å². The van der Waals surface area contributed by atoms with Gasteiger partial charge in [0.25, 0.3) is 0 Å². The fraction of sp³-hybridized carbons (Fsp3) is 0.471. The van der Waals surface area contributed by atoms with Gasteiger partial charge in [-0.2, -0.15) is 0 Å². The van der Waals surface area contributed by atoms with Gasteiger partial charge in [0.2, 0.25) is 0 Å². The molecule has 4 rings (SSSR count). The van der Waals surface area contributed by atoms with Crippen molar-refractivity contribution in [1.82, 2.24) is 14.5 Å². The summed E-state index contributed by atoms with van der Waals surface area (Å²) in [6, 6.07) is 4.16.